The van der Waals surface area contributed by atoms with Gasteiger partial charge in [-0.05, 0) is 18.6 Å². The van der Waals surface area contributed by atoms with E-state index in [0.29, 0.717) is 24.5 Å². The molecule has 88 valence electrons. The van der Waals surface area contributed by atoms with Gasteiger partial charge in [0.2, 0.25) is 0 Å². The van der Waals surface area contributed by atoms with Crippen LogP contribution in [0.4, 0.5) is 16.2 Å². The number of carbonyl (C=O) groups is 1. The van der Waals surface area contributed by atoms with Crippen molar-refractivity contribution >= 4 is 17.4 Å². The average molecular weight is 222 g/mol. The molecule has 0 bridgehead atoms. The first-order valence-corrected chi connectivity index (χ1v) is 5.18. The van der Waals surface area contributed by atoms with E-state index in [1.165, 1.54) is 0 Å². The molecule has 1 rings (SSSR count). The highest BCUT2D eigenvalue weighted by Gasteiger charge is 2.07. The maximum Gasteiger partial charge on any atom is 0.317 e. The first-order chi connectivity index (χ1) is 7.56. The van der Waals surface area contributed by atoms with Crippen molar-refractivity contribution in [1.82, 2.24) is 10.2 Å². The lowest BCUT2D eigenvalue weighted by Gasteiger charge is -2.16. The molecule has 5 nitrogen and oxygen atoms in total. The Bertz CT molecular complexity index is 378. The number of nitrogen functional groups attached to an aromatic ring is 2. The van der Waals surface area contributed by atoms with Crippen molar-refractivity contribution in [3.63, 3.8) is 0 Å². The number of para-hydroxylation sites is 1. The Labute approximate surface area is 95.4 Å². The number of hydrogen-bond acceptors (Lipinski definition) is 3. The monoisotopic (exact) mass is 222 g/mol. The second-order valence-electron chi connectivity index (χ2n) is 3.59. The van der Waals surface area contributed by atoms with Crippen LogP contribution in [0.25, 0.3) is 0 Å². The molecule has 0 heterocycles. The van der Waals surface area contributed by atoms with Crippen LogP contribution in [-0.4, -0.2) is 24.5 Å². The normalized spacial score (nSPS) is 9.88. The van der Waals surface area contributed by atoms with E-state index >= 15 is 0 Å². The summed E-state index contributed by atoms with van der Waals surface area (Å²) < 4.78 is 0. The Morgan fingerprint density at radius 2 is 2.12 bits per heavy atom. The summed E-state index contributed by atoms with van der Waals surface area (Å²) in [7, 11) is 1.73. The molecule has 0 saturated carbocycles. The maximum atomic E-state index is 11.5. The summed E-state index contributed by atoms with van der Waals surface area (Å²) in [4.78, 5) is 13.1. The number of benzene rings is 1. The van der Waals surface area contributed by atoms with Gasteiger partial charge in [-0.1, -0.05) is 12.1 Å². The van der Waals surface area contributed by atoms with E-state index in [-0.39, 0.29) is 6.03 Å². The first kappa shape index (κ1) is 12.2. The zero-order valence-corrected chi connectivity index (χ0v) is 9.66. The van der Waals surface area contributed by atoms with Crippen LogP contribution in [0.5, 0.6) is 0 Å². The quantitative estimate of drug-likeness (QED) is 0.667. The number of anilines is 2. The molecule has 0 saturated heterocycles. The lowest BCUT2D eigenvalue weighted by Crippen LogP contribution is -2.36. The first-order valence-electron chi connectivity index (χ1n) is 5.18. The molecule has 5 N–H and O–H groups in total. The van der Waals surface area contributed by atoms with Crippen LogP contribution in [0.15, 0.2) is 18.2 Å². The summed E-state index contributed by atoms with van der Waals surface area (Å²) in [6.45, 7) is 2.97. The van der Waals surface area contributed by atoms with Gasteiger partial charge in [-0.2, -0.15) is 0 Å². The summed E-state index contributed by atoms with van der Waals surface area (Å²) in [6, 6.07) is 5.28. The fraction of sp³-hybridized carbons (Fsp3) is 0.364. The molecule has 1 aromatic rings. The Kier molecular flexibility index (Phi) is 3.99. The predicted molar refractivity (Wildman–Crippen MR) is 65.8 cm³/mol. The third-order valence-electron chi connectivity index (χ3n) is 2.48. The lowest BCUT2D eigenvalue weighted by molar-refractivity contribution is 0.210. The Morgan fingerprint density at radius 1 is 1.44 bits per heavy atom. The molecule has 1 aromatic carbocycles. The molecule has 2 amide bonds. The summed E-state index contributed by atoms with van der Waals surface area (Å²) in [5, 5.41) is 2.77. The van der Waals surface area contributed by atoms with E-state index in [1.807, 2.05) is 19.1 Å². The third-order valence-corrected chi connectivity index (χ3v) is 2.48. The standard InChI is InChI=1S/C11H18N4O/c1-3-15(2)11(16)14-7-8-5-4-6-9(12)10(8)13/h4-6H,3,7,12-13H2,1-2H3,(H,14,16). The molecule has 0 atom stereocenters. The summed E-state index contributed by atoms with van der Waals surface area (Å²) >= 11 is 0. The number of nitrogens with zero attached hydrogens (tertiary/aromatic N) is 1. The van der Waals surface area contributed by atoms with Crippen LogP contribution >= 0.6 is 0 Å². The SMILES string of the molecule is CCN(C)C(=O)NCc1cccc(N)c1N. The van der Waals surface area contributed by atoms with Gasteiger partial charge in [-0.3, -0.25) is 0 Å². The van der Waals surface area contributed by atoms with Gasteiger partial charge in [0.05, 0.1) is 11.4 Å². The van der Waals surface area contributed by atoms with Crippen LogP contribution in [0.3, 0.4) is 0 Å². The average Bonchev–Trinajstić information content (AvgIpc) is 2.29. The van der Waals surface area contributed by atoms with E-state index in [1.54, 1.807) is 18.0 Å². The molecular formula is C11H18N4O. The van der Waals surface area contributed by atoms with Crippen molar-refractivity contribution in [2.45, 2.75) is 13.5 Å². The second kappa shape index (κ2) is 5.25. The third kappa shape index (κ3) is 2.79. The number of urea groups is 1. The Morgan fingerprint density at radius 3 is 2.75 bits per heavy atom. The van der Waals surface area contributed by atoms with Crippen LogP contribution in [-0.2, 0) is 6.54 Å². The Hall–Kier alpha value is -1.91. The summed E-state index contributed by atoms with van der Waals surface area (Å²) in [5.41, 5.74) is 13.4. The fourth-order valence-electron chi connectivity index (χ4n) is 1.24. The highest BCUT2D eigenvalue weighted by atomic mass is 16.2. The highest BCUT2D eigenvalue weighted by Crippen LogP contribution is 2.18. The summed E-state index contributed by atoms with van der Waals surface area (Å²) in [5.74, 6) is 0. The van der Waals surface area contributed by atoms with Crippen molar-refractivity contribution in [2.24, 2.45) is 0 Å². The van der Waals surface area contributed by atoms with E-state index in [4.69, 9.17) is 11.5 Å². The van der Waals surface area contributed by atoms with Gasteiger partial charge in [0.15, 0.2) is 0 Å². The van der Waals surface area contributed by atoms with Gasteiger partial charge in [0, 0.05) is 20.1 Å². The number of rotatable bonds is 3. The van der Waals surface area contributed by atoms with Gasteiger partial charge >= 0.3 is 6.03 Å². The molecule has 0 unspecified atom stereocenters. The number of amides is 2. The molecule has 0 aliphatic carbocycles. The van der Waals surface area contributed by atoms with Gasteiger partial charge in [-0.15, -0.1) is 0 Å². The number of hydrogen-bond donors (Lipinski definition) is 3. The van der Waals surface area contributed by atoms with Gasteiger partial charge < -0.3 is 21.7 Å². The summed E-state index contributed by atoms with van der Waals surface area (Å²) in [6.07, 6.45) is 0. The van der Waals surface area contributed by atoms with Crippen LogP contribution in [0.2, 0.25) is 0 Å². The highest BCUT2D eigenvalue weighted by molar-refractivity contribution is 5.74. The lowest BCUT2D eigenvalue weighted by atomic mass is 10.1. The van der Waals surface area contributed by atoms with E-state index < -0.39 is 0 Å². The van der Waals surface area contributed by atoms with Crippen molar-refractivity contribution in [3.05, 3.63) is 23.8 Å². The van der Waals surface area contributed by atoms with Crippen LogP contribution in [0, 0.1) is 0 Å². The van der Waals surface area contributed by atoms with Gasteiger partial charge in [-0.25, -0.2) is 4.79 Å². The molecule has 0 fully saturated rings. The topological polar surface area (TPSA) is 84.4 Å². The molecule has 0 aromatic heterocycles. The van der Waals surface area contributed by atoms with Gasteiger partial charge in [0.1, 0.15) is 0 Å². The minimum Gasteiger partial charge on any atom is -0.397 e. The van der Waals surface area contributed by atoms with Crippen LogP contribution < -0.4 is 16.8 Å². The predicted octanol–water partition coefficient (Wildman–Crippen LogP) is 1.01. The molecular weight excluding hydrogens is 204 g/mol. The van der Waals surface area contributed by atoms with E-state index in [9.17, 15) is 4.79 Å². The van der Waals surface area contributed by atoms with Crippen molar-refractivity contribution in [3.8, 4) is 0 Å². The van der Waals surface area contributed by atoms with Gasteiger partial charge in [0.25, 0.3) is 0 Å². The number of carbonyl (C=O) groups excluding carboxylic acids is 1. The van der Waals surface area contributed by atoms with E-state index in [0.717, 1.165) is 5.56 Å². The smallest absolute Gasteiger partial charge is 0.317 e. The minimum atomic E-state index is -0.121. The number of nitrogens with one attached hydrogen (secondary N) is 1. The van der Waals surface area contributed by atoms with Crippen molar-refractivity contribution in [1.29, 1.82) is 0 Å². The molecule has 5 heteroatoms. The zero-order valence-electron chi connectivity index (χ0n) is 9.66. The molecule has 0 aliphatic rings. The van der Waals surface area contributed by atoms with Crippen molar-refractivity contribution in [2.75, 3.05) is 25.1 Å². The molecule has 0 aliphatic heterocycles. The molecule has 16 heavy (non-hydrogen) atoms. The molecule has 0 radical (unpaired) electrons. The maximum absolute atomic E-state index is 11.5. The minimum absolute atomic E-state index is 0.121. The largest absolute Gasteiger partial charge is 0.397 e. The molecule has 0 spiro atoms. The zero-order chi connectivity index (χ0) is 12.1. The van der Waals surface area contributed by atoms with E-state index in [2.05, 4.69) is 5.32 Å². The van der Waals surface area contributed by atoms with Crippen LogP contribution in [0.1, 0.15) is 12.5 Å². The number of nitrogens with two attached hydrogens (primary N) is 2. The van der Waals surface area contributed by atoms with Crippen molar-refractivity contribution < 1.29 is 4.79 Å². The fourth-order valence-corrected chi connectivity index (χ4v) is 1.24. The Balaban J connectivity index is 2.61. The second-order valence-corrected chi connectivity index (χ2v) is 3.59.